The second-order valence-electron chi connectivity index (χ2n) is 6.20. The van der Waals surface area contributed by atoms with E-state index in [0.29, 0.717) is 46.0 Å². The van der Waals surface area contributed by atoms with Crippen LogP contribution in [0.2, 0.25) is 0 Å². The summed E-state index contributed by atoms with van der Waals surface area (Å²) in [5.41, 5.74) is 1.06. The van der Waals surface area contributed by atoms with E-state index in [1.165, 1.54) is 12.1 Å². The maximum absolute atomic E-state index is 14.2. The predicted octanol–water partition coefficient (Wildman–Crippen LogP) is 2.72. The Labute approximate surface area is 170 Å². The zero-order chi connectivity index (χ0) is 21.2. The minimum atomic E-state index is -3.65. The third-order valence-electron chi connectivity index (χ3n) is 3.80. The number of aryl methyl sites for hydroxylation is 2. The number of nitrogens with one attached hydrogen (secondary N) is 2. The summed E-state index contributed by atoms with van der Waals surface area (Å²) in [5.74, 6) is 0.0484. The molecule has 0 atom stereocenters. The summed E-state index contributed by atoms with van der Waals surface area (Å²) >= 11 is 1.16. The van der Waals surface area contributed by atoms with E-state index in [2.05, 4.69) is 25.8 Å². The van der Waals surface area contributed by atoms with Gasteiger partial charge < -0.3 is 9.73 Å². The molecule has 0 saturated heterocycles. The molecule has 29 heavy (non-hydrogen) atoms. The van der Waals surface area contributed by atoms with Gasteiger partial charge in [0, 0.05) is 26.1 Å². The first-order valence-corrected chi connectivity index (χ1v) is 11.2. The van der Waals surface area contributed by atoms with Crippen LogP contribution in [0.4, 0.5) is 14.3 Å². The summed E-state index contributed by atoms with van der Waals surface area (Å²) in [6.07, 6.45) is 1.34. The Kier molecular flexibility index (Phi) is 5.94. The highest BCUT2D eigenvalue weighted by molar-refractivity contribution is 7.90. The highest BCUT2D eigenvalue weighted by atomic mass is 32.2. The molecule has 9 nitrogen and oxygen atoms in total. The van der Waals surface area contributed by atoms with Gasteiger partial charge in [-0.05, 0) is 24.6 Å². The number of nitrogens with zero attached hydrogens (tertiary/aromatic N) is 3. The van der Waals surface area contributed by atoms with Gasteiger partial charge in [-0.15, -0.1) is 10.2 Å². The average molecular weight is 439 g/mol. The second kappa shape index (κ2) is 8.25. The first-order valence-electron chi connectivity index (χ1n) is 8.44. The summed E-state index contributed by atoms with van der Waals surface area (Å²) < 4.78 is 42.5. The highest BCUT2D eigenvalue weighted by Crippen LogP contribution is 2.34. The molecular formula is C17H18FN5O4S2. The number of rotatable bonds is 6. The van der Waals surface area contributed by atoms with E-state index >= 15 is 0 Å². The third kappa shape index (κ3) is 5.15. The average Bonchev–Trinajstić information content (AvgIpc) is 3.19. The van der Waals surface area contributed by atoms with Crippen molar-refractivity contribution in [1.29, 1.82) is 0 Å². The quantitative estimate of drug-likeness (QED) is 0.604. The van der Waals surface area contributed by atoms with Crippen molar-refractivity contribution in [3.05, 3.63) is 41.5 Å². The molecule has 0 fully saturated rings. The molecule has 0 aliphatic heterocycles. The number of carbonyl (C=O) groups is 1. The largest absolute Gasteiger partial charge is 0.426 e. The SMILES string of the molecule is Cc1nnc(CCNC(=O)Nc2nc(C)c(-c3ccc(S(C)(=O)=O)c(F)c3)s2)o1. The summed E-state index contributed by atoms with van der Waals surface area (Å²) in [5, 5.41) is 13.1. The van der Waals surface area contributed by atoms with Crippen LogP contribution in [0.1, 0.15) is 17.5 Å². The molecule has 2 N–H and O–H groups in total. The van der Waals surface area contributed by atoms with Crippen molar-refractivity contribution in [2.75, 3.05) is 18.1 Å². The van der Waals surface area contributed by atoms with Crippen LogP contribution in [0.15, 0.2) is 27.5 Å². The van der Waals surface area contributed by atoms with Crippen LogP contribution in [-0.2, 0) is 16.3 Å². The molecule has 3 rings (SSSR count). The number of aromatic nitrogens is 3. The lowest BCUT2D eigenvalue weighted by atomic mass is 10.1. The topological polar surface area (TPSA) is 127 Å². The Balaban J connectivity index is 1.65. The van der Waals surface area contributed by atoms with Gasteiger partial charge in [-0.25, -0.2) is 22.6 Å². The molecule has 2 aromatic heterocycles. The molecule has 0 saturated carbocycles. The van der Waals surface area contributed by atoms with Crippen LogP contribution in [0.3, 0.4) is 0 Å². The van der Waals surface area contributed by atoms with E-state index in [4.69, 9.17) is 4.42 Å². The minimum Gasteiger partial charge on any atom is -0.426 e. The van der Waals surface area contributed by atoms with Gasteiger partial charge in [0.2, 0.25) is 11.8 Å². The molecule has 0 bridgehead atoms. The lowest BCUT2D eigenvalue weighted by molar-refractivity contribution is 0.252. The number of urea groups is 1. The Hall–Kier alpha value is -2.86. The fraction of sp³-hybridized carbons (Fsp3) is 0.294. The number of sulfone groups is 1. The van der Waals surface area contributed by atoms with Gasteiger partial charge in [0.15, 0.2) is 15.0 Å². The van der Waals surface area contributed by atoms with Gasteiger partial charge in [0.05, 0.1) is 10.6 Å². The van der Waals surface area contributed by atoms with Crippen molar-refractivity contribution in [1.82, 2.24) is 20.5 Å². The molecule has 2 amide bonds. The van der Waals surface area contributed by atoms with Crippen LogP contribution in [0, 0.1) is 19.7 Å². The number of anilines is 1. The zero-order valence-corrected chi connectivity index (χ0v) is 17.4. The van der Waals surface area contributed by atoms with E-state index < -0.39 is 21.7 Å². The first-order chi connectivity index (χ1) is 13.6. The molecular weight excluding hydrogens is 421 g/mol. The van der Waals surface area contributed by atoms with Crippen LogP contribution in [0.5, 0.6) is 0 Å². The maximum atomic E-state index is 14.2. The lowest BCUT2D eigenvalue weighted by Crippen LogP contribution is -2.30. The Morgan fingerprint density at radius 1 is 1.28 bits per heavy atom. The minimum absolute atomic E-state index is 0.294. The van der Waals surface area contributed by atoms with Gasteiger partial charge in [-0.2, -0.15) is 0 Å². The van der Waals surface area contributed by atoms with Crippen molar-refractivity contribution in [3.63, 3.8) is 0 Å². The number of hydrogen-bond donors (Lipinski definition) is 2. The van der Waals surface area contributed by atoms with E-state index in [-0.39, 0.29) is 4.90 Å². The van der Waals surface area contributed by atoms with E-state index in [9.17, 15) is 17.6 Å². The van der Waals surface area contributed by atoms with Crippen molar-refractivity contribution in [3.8, 4) is 10.4 Å². The Morgan fingerprint density at radius 3 is 2.66 bits per heavy atom. The maximum Gasteiger partial charge on any atom is 0.321 e. The van der Waals surface area contributed by atoms with E-state index in [1.807, 2.05) is 0 Å². The standard InChI is InChI=1S/C17H18FN5O4S2/c1-9-15(11-4-5-13(12(18)8-11)29(3,25)26)28-17(20-9)21-16(24)19-7-6-14-23-22-10(2)27-14/h4-5,8H,6-7H2,1-3H3,(H2,19,20,21,24). The second-order valence-corrected chi connectivity index (χ2v) is 9.18. The molecule has 0 spiro atoms. The highest BCUT2D eigenvalue weighted by Gasteiger charge is 2.17. The van der Waals surface area contributed by atoms with Crippen LogP contribution >= 0.6 is 11.3 Å². The smallest absolute Gasteiger partial charge is 0.321 e. The number of amides is 2. The molecule has 0 radical (unpaired) electrons. The third-order valence-corrected chi connectivity index (χ3v) is 6.05. The van der Waals surface area contributed by atoms with Gasteiger partial charge in [0.1, 0.15) is 10.7 Å². The van der Waals surface area contributed by atoms with Gasteiger partial charge in [-0.3, -0.25) is 5.32 Å². The zero-order valence-electron chi connectivity index (χ0n) is 15.8. The number of benzene rings is 1. The molecule has 0 aliphatic carbocycles. The molecule has 1 aromatic carbocycles. The van der Waals surface area contributed by atoms with E-state index in [1.54, 1.807) is 13.8 Å². The normalized spacial score (nSPS) is 11.4. The van der Waals surface area contributed by atoms with Crippen molar-refractivity contribution in [2.24, 2.45) is 0 Å². The van der Waals surface area contributed by atoms with Gasteiger partial charge in [-0.1, -0.05) is 17.4 Å². The first kappa shape index (κ1) is 20.9. The van der Waals surface area contributed by atoms with Crippen LogP contribution < -0.4 is 10.6 Å². The lowest BCUT2D eigenvalue weighted by Gasteiger charge is -2.04. The number of thiazole rings is 1. The number of carbonyl (C=O) groups excluding carboxylic acids is 1. The van der Waals surface area contributed by atoms with Crippen LogP contribution in [0.25, 0.3) is 10.4 Å². The molecule has 3 aromatic rings. The fourth-order valence-electron chi connectivity index (χ4n) is 2.52. The predicted molar refractivity (Wildman–Crippen MR) is 105 cm³/mol. The van der Waals surface area contributed by atoms with Crippen molar-refractivity contribution in [2.45, 2.75) is 25.2 Å². The summed E-state index contributed by atoms with van der Waals surface area (Å²) in [6, 6.07) is 3.42. The summed E-state index contributed by atoms with van der Waals surface area (Å²) in [6.45, 7) is 3.69. The van der Waals surface area contributed by atoms with Crippen molar-refractivity contribution >= 4 is 32.3 Å². The molecule has 12 heteroatoms. The fourth-order valence-corrected chi connectivity index (χ4v) is 4.21. The number of halogens is 1. The summed E-state index contributed by atoms with van der Waals surface area (Å²) in [7, 11) is -3.65. The Morgan fingerprint density at radius 2 is 2.03 bits per heavy atom. The van der Waals surface area contributed by atoms with Gasteiger partial charge in [0.25, 0.3) is 0 Å². The number of hydrogen-bond acceptors (Lipinski definition) is 8. The van der Waals surface area contributed by atoms with E-state index in [0.717, 1.165) is 23.7 Å². The molecule has 0 aliphatic rings. The molecule has 2 heterocycles. The molecule has 154 valence electrons. The summed E-state index contributed by atoms with van der Waals surface area (Å²) in [4.78, 5) is 16.5. The Bertz CT molecular complexity index is 1160. The monoisotopic (exact) mass is 439 g/mol. The van der Waals surface area contributed by atoms with Crippen LogP contribution in [-0.4, -0.2) is 42.4 Å². The molecule has 0 unspecified atom stereocenters. The van der Waals surface area contributed by atoms with Gasteiger partial charge >= 0.3 is 6.03 Å². The van der Waals surface area contributed by atoms with Crippen molar-refractivity contribution < 1.29 is 22.0 Å².